The molecule has 0 aliphatic carbocycles. The smallest absolute Gasteiger partial charge is 0.274 e. The van der Waals surface area contributed by atoms with Gasteiger partial charge in [-0.15, -0.1) is 5.10 Å². The highest BCUT2D eigenvalue weighted by atomic mass is 32.1. The van der Waals surface area contributed by atoms with Gasteiger partial charge in [0.15, 0.2) is 12.1 Å². The summed E-state index contributed by atoms with van der Waals surface area (Å²) in [7, 11) is 0. The van der Waals surface area contributed by atoms with E-state index in [1.165, 1.54) is 11.3 Å². The van der Waals surface area contributed by atoms with Crippen molar-refractivity contribution in [1.29, 1.82) is 0 Å². The van der Waals surface area contributed by atoms with E-state index in [0.29, 0.717) is 16.8 Å². The molecular formula is C16H20N4O2S. The summed E-state index contributed by atoms with van der Waals surface area (Å²) in [5.74, 6) is 1.42. The molecule has 0 aromatic carbocycles. The number of piperidine rings is 1. The number of aromatic nitrogens is 3. The maximum absolute atomic E-state index is 10.7. The molecule has 122 valence electrons. The minimum atomic E-state index is 0.0897. The number of hydrogen-bond donors (Lipinski definition) is 0. The minimum absolute atomic E-state index is 0.0897. The average Bonchev–Trinajstić information content (AvgIpc) is 3.03. The van der Waals surface area contributed by atoms with Crippen LogP contribution in [0.4, 0.5) is 5.82 Å². The van der Waals surface area contributed by atoms with Crippen molar-refractivity contribution < 1.29 is 9.53 Å². The summed E-state index contributed by atoms with van der Waals surface area (Å²) in [6, 6.07) is 4.02. The first-order valence-electron chi connectivity index (χ1n) is 7.78. The highest BCUT2D eigenvalue weighted by molar-refractivity contribution is 7.11. The molecule has 6 nitrogen and oxygen atoms in total. The van der Waals surface area contributed by atoms with Crippen LogP contribution in [0.25, 0.3) is 0 Å². The van der Waals surface area contributed by atoms with E-state index < -0.39 is 0 Å². The molecule has 1 unspecified atom stereocenters. The van der Waals surface area contributed by atoms with Crippen LogP contribution in [0.3, 0.4) is 0 Å². The lowest BCUT2D eigenvalue weighted by molar-refractivity contribution is 0.111. The van der Waals surface area contributed by atoms with Crippen molar-refractivity contribution in [2.24, 2.45) is 5.92 Å². The van der Waals surface area contributed by atoms with Gasteiger partial charge in [0.25, 0.3) is 5.19 Å². The number of hydrogen-bond acceptors (Lipinski definition) is 7. The number of anilines is 1. The third-order valence-corrected chi connectivity index (χ3v) is 4.97. The van der Waals surface area contributed by atoms with Crippen molar-refractivity contribution in [2.45, 2.75) is 32.8 Å². The number of ether oxygens (including phenoxy) is 1. The topological polar surface area (TPSA) is 68.2 Å². The van der Waals surface area contributed by atoms with E-state index in [9.17, 15) is 4.79 Å². The summed E-state index contributed by atoms with van der Waals surface area (Å²) in [6.45, 7) is 5.92. The predicted octanol–water partition coefficient (Wildman–Crippen LogP) is 2.74. The van der Waals surface area contributed by atoms with Gasteiger partial charge in [0, 0.05) is 18.5 Å². The molecule has 0 saturated carbocycles. The van der Waals surface area contributed by atoms with Crippen molar-refractivity contribution in [2.75, 3.05) is 18.0 Å². The fourth-order valence-electron chi connectivity index (χ4n) is 2.79. The molecular weight excluding hydrogens is 312 g/mol. The number of rotatable bonds is 5. The van der Waals surface area contributed by atoms with Gasteiger partial charge in [0.1, 0.15) is 11.8 Å². The third-order valence-electron chi connectivity index (χ3n) is 4.22. The van der Waals surface area contributed by atoms with E-state index in [1.807, 2.05) is 19.1 Å². The van der Waals surface area contributed by atoms with Crippen LogP contribution in [0.5, 0.6) is 5.19 Å². The number of carbonyl (C=O) groups excluding carboxylic acids is 1. The van der Waals surface area contributed by atoms with Crippen LogP contribution < -0.4 is 9.64 Å². The Morgan fingerprint density at radius 2 is 2.13 bits per heavy atom. The molecule has 0 amide bonds. The lowest BCUT2D eigenvalue weighted by Crippen LogP contribution is -2.39. The van der Waals surface area contributed by atoms with E-state index >= 15 is 0 Å². The van der Waals surface area contributed by atoms with Gasteiger partial charge in [-0.3, -0.25) is 4.79 Å². The Kier molecular flexibility index (Phi) is 4.85. The summed E-state index contributed by atoms with van der Waals surface area (Å²) in [4.78, 5) is 17.1. The van der Waals surface area contributed by atoms with Gasteiger partial charge < -0.3 is 9.64 Å². The van der Waals surface area contributed by atoms with Crippen molar-refractivity contribution >= 4 is 23.4 Å². The second-order valence-electron chi connectivity index (χ2n) is 5.84. The summed E-state index contributed by atoms with van der Waals surface area (Å²) >= 11 is 1.37. The lowest BCUT2D eigenvalue weighted by atomic mass is 9.92. The van der Waals surface area contributed by atoms with Crippen LogP contribution in [0.2, 0.25) is 0 Å². The van der Waals surface area contributed by atoms with Gasteiger partial charge in [0.2, 0.25) is 0 Å². The Morgan fingerprint density at radius 1 is 1.35 bits per heavy atom. The molecule has 3 rings (SSSR count). The Bertz CT molecular complexity index is 650. The van der Waals surface area contributed by atoms with Crippen LogP contribution >= 0.6 is 11.3 Å². The molecule has 1 atom stereocenters. The number of carbonyl (C=O) groups is 1. The van der Waals surface area contributed by atoms with E-state index in [-0.39, 0.29) is 6.10 Å². The molecule has 2 aromatic rings. The van der Waals surface area contributed by atoms with Crippen LogP contribution in [0.15, 0.2) is 17.5 Å². The largest absolute Gasteiger partial charge is 0.467 e. The number of aryl methyl sites for hydroxylation is 1. The Morgan fingerprint density at radius 3 is 2.74 bits per heavy atom. The highest BCUT2D eigenvalue weighted by Gasteiger charge is 2.26. The summed E-state index contributed by atoms with van der Waals surface area (Å²) < 4.78 is 5.90. The van der Waals surface area contributed by atoms with Gasteiger partial charge in [-0.05, 0) is 44.7 Å². The Labute approximate surface area is 139 Å². The molecule has 3 heterocycles. The second-order valence-corrected chi connectivity index (χ2v) is 6.66. The van der Waals surface area contributed by atoms with Gasteiger partial charge in [-0.1, -0.05) is 11.3 Å². The van der Waals surface area contributed by atoms with Crippen molar-refractivity contribution in [3.63, 3.8) is 0 Å². The zero-order chi connectivity index (χ0) is 16.2. The van der Waals surface area contributed by atoms with E-state index in [1.54, 1.807) is 5.38 Å². The van der Waals surface area contributed by atoms with Gasteiger partial charge in [0.05, 0.1) is 5.69 Å². The first-order valence-corrected chi connectivity index (χ1v) is 8.66. The quantitative estimate of drug-likeness (QED) is 0.784. The van der Waals surface area contributed by atoms with Crippen molar-refractivity contribution in [3.05, 3.63) is 28.9 Å². The summed E-state index contributed by atoms with van der Waals surface area (Å²) in [6.07, 6.45) is 2.92. The van der Waals surface area contributed by atoms with E-state index in [4.69, 9.17) is 4.74 Å². The normalized spacial score (nSPS) is 17.0. The highest BCUT2D eigenvalue weighted by Crippen LogP contribution is 2.27. The van der Waals surface area contributed by atoms with Crippen molar-refractivity contribution in [3.8, 4) is 5.19 Å². The molecule has 7 heteroatoms. The van der Waals surface area contributed by atoms with Crippen LogP contribution in [-0.4, -0.2) is 40.7 Å². The fourth-order valence-corrected chi connectivity index (χ4v) is 3.49. The SMILES string of the molecule is Cc1ccc(N2CCC(C(C)Oc3nc(C=O)cs3)CC2)nn1. The monoisotopic (exact) mass is 332 g/mol. The number of nitrogens with zero attached hydrogens (tertiary/aromatic N) is 4. The molecule has 0 spiro atoms. The molecule has 0 bridgehead atoms. The molecule has 0 N–H and O–H groups in total. The van der Waals surface area contributed by atoms with Crippen LogP contribution in [0.1, 0.15) is 35.9 Å². The molecule has 23 heavy (non-hydrogen) atoms. The molecule has 1 saturated heterocycles. The van der Waals surface area contributed by atoms with Gasteiger partial charge >= 0.3 is 0 Å². The summed E-state index contributed by atoms with van der Waals surface area (Å²) in [5.41, 5.74) is 1.37. The fraction of sp³-hybridized carbons (Fsp3) is 0.500. The first-order chi connectivity index (χ1) is 11.2. The standard InChI is InChI=1S/C16H20N4O2S/c1-11-3-4-15(19-18-11)20-7-5-13(6-8-20)12(2)22-16-17-14(9-21)10-23-16/h3-4,9-10,12-13H,5-8H2,1-2H3. The minimum Gasteiger partial charge on any atom is -0.467 e. The van der Waals surface area contributed by atoms with E-state index in [2.05, 4.69) is 27.0 Å². The van der Waals surface area contributed by atoms with E-state index in [0.717, 1.165) is 43.7 Å². The molecule has 1 aliphatic heterocycles. The lowest BCUT2D eigenvalue weighted by Gasteiger charge is -2.34. The average molecular weight is 332 g/mol. The first kappa shape index (κ1) is 15.9. The maximum atomic E-state index is 10.7. The Balaban J connectivity index is 1.53. The van der Waals surface area contributed by atoms with Gasteiger partial charge in [-0.25, -0.2) is 0 Å². The maximum Gasteiger partial charge on any atom is 0.274 e. The third kappa shape index (κ3) is 3.85. The van der Waals surface area contributed by atoms with Crippen LogP contribution in [0, 0.1) is 12.8 Å². The van der Waals surface area contributed by atoms with Crippen LogP contribution in [-0.2, 0) is 0 Å². The zero-order valence-corrected chi connectivity index (χ0v) is 14.1. The molecule has 2 aromatic heterocycles. The summed E-state index contributed by atoms with van der Waals surface area (Å²) in [5, 5.41) is 10.7. The predicted molar refractivity (Wildman–Crippen MR) is 89.3 cm³/mol. The Hall–Kier alpha value is -2.02. The molecule has 0 radical (unpaired) electrons. The van der Waals surface area contributed by atoms with Crippen molar-refractivity contribution in [1.82, 2.24) is 15.2 Å². The second kappa shape index (κ2) is 7.04. The zero-order valence-electron chi connectivity index (χ0n) is 13.3. The molecule has 1 aliphatic rings. The van der Waals surface area contributed by atoms with Gasteiger partial charge in [-0.2, -0.15) is 10.1 Å². The number of aldehydes is 1. The molecule has 1 fully saturated rings. The number of thiazole rings is 1.